The van der Waals surface area contributed by atoms with Crippen molar-refractivity contribution >= 4 is 11.9 Å². The third-order valence-electron chi connectivity index (χ3n) is 3.80. The standard InChI is InChI=1S/C17H19FN4O2/c18-14-6-2-1-4-12(14)10-21-17-19-8-7-15(22-17)16(23)20-11-13-5-3-9-24-13/h1-2,4,6-8,13H,3,5,9-11H2,(H,20,23)(H,19,21,22). The number of ether oxygens (including phenoxy) is 1. The molecule has 2 aromatic rings. The molecular weight excluding hydrogens is 311 g/mol. The molecule has 7 heteroatoms. The first kappa shape index (κ1) is 16.3. The van der Waals surface area contributed by atoms with Gasteiger partial charge in [0.1, 0.15) is 11.5 Å². The highest BCUT2D eigenvalue weighted by atomic mass is 19.1. The monoisotopic (exact) mass is 330 g/mol. The number of hydrogen-bond donors (Lipinski definition) is 2. The third-order valence-corrected chi connectivity index (χ3v) is 3.80. The van der Waals surface area contributed by atoms with Crippen LogP contribution in [0.5, 0.6) is 0 Å². The normalized spacial score (nSPS) is 16.8. The number of carbonyl (C=O) groups is 1. The fraction of sp³-hybridized carbons (Fsp3) is 0.353. The van der Waals surface area contributed by atoms with Gasteiger partial charge in [0.2, 0.25) is 5.95 Å². The summed E-state index contributed by atoms with van der Waals surface area (Å²) in [6, 6.07) is 8.01. The van der Waals surface area contributed by atoms with Crippen molar-refractivity contribution in [2.45, 2.75) is 25.5 Å². The van der Waals surface area contributed by atoms with Gasteiger partial charge in [-0.1, -0.05) is 18.2 Å². The smallest absolute Gasteiger partial charge is 0.270 e. The second-order valence-corrected chi connectivity index (χ2v) is 5.56. The van der Waals surface area contributed by atoms with Crippen LogP contribution in [0.2, 0.25) is 0 Å². The number of halogens is 1. The summed E-state index contributed by atoms with van der Waals surface area (Å²) < 4.78 is 19.1. The van der Waals surface area contributed by atoms with Gasteiger partial charge in [0, 0.05) is 31.5 Å². The lowest BCUT2D eigenvalue weighted by molar-refractivity contribution is 0.0853. The summed E-state index contributed by atoms with van der Waals surface area (Å²) in [5.74, 6) is -0.291. The van der Waals surface area contributed by atoms with Crippen LogP contribution in [0.15, 0.2) is 36.5 Å². The van der Waals surface area contributed by atoms with Gasteiger partial charge in [0.25, 0.3) is 5.91 Å². The minimum Gasteiger partial charge on any atom is -0.376 e. The van der Waals surface area contributed by atoms with Gasteiger partial charge in [-0.2, -0.15) is 0 Å². The van der Waals surface area contributed by atoms with Crippen molar-refractivity contribution < 1.29 is 13.9 Å². The summed E-state index contributed by atoms with van der Waals surface area (Å²) in [6.07, 6.45) is 3.56. The van der Waals surface area contributed by atoms with Crippen LogP contribution in [0.25, 0.3) is 0 Å². The molecule has 0 bridgehead atoms. The summed E-state index contributed by atoms with van der Waals surface area (Å²) in [7, 11) is 0. The van der Waals surface area contributed by atoms with E-state index >= 15 is 0 Å². The Morgan fingerprint density at radius 3 is 3.00 bits per heavy atom. The van der Waals surface area contributed by atoms with E-state index in [1.807, 2.05) is 0 Å². The Balaban J connectivity index is 1.57. The minimum absolute atomic E-state index is 0.0782. The van der Waals surface area contributed by atoms with Crippen molar-refractivity contribution in [2.24, 2.45) is 0 Å². The summed E-state index contributed by atoms with van der Waals surface area (Å²) in [5, 5.41) is 5.74. The molecule has 2 N–H and O–H groups in total. The molecule has 1 atom stereocenters. The zero-order chi connectivity index (χ0) is 16.8. The lowest BCUT2D eigenvalue weighted by Gasteiger charge is -2.11. The second kappa shape index (κ2) is 7.83. The first-order chi connectivity index (χ1) is 11.7. The largest absolute Gasteiger partial charge is 0.376 e. The van der Waals surface area contributed by atoms with E-state index in [1.54, 1.807) is 24.3 Å². The minimum atomic E-state index is -0.296. The molecule has 1 fully saturated rings. The molecule has 0 radical (unpaired) electrons. The van der Waals surface area contributed by atoms with Gasteiger partial charge in [-0.05, 0) is 25.0 Å². The van der Waals surface area contributed by atoms with Gasteiger partial charge in [-0.15, -0.1) is 0 Å². The molecule has 126 valence electrons. The lowest BCUT2D eigenvalue weighted by Crippen LogP contribution is -2.32. The van der Waals surface area contributed by atoms with Gasteiger partial charge >= 0.3 is 0 Å². The Kier molecular flexibility index (Phi) is 5.32. The highest BCUT2D eigenvalue weighted by Crippen LogP contribution is 2.11. The van der Waals surface area contributed by atoms with E-state index in [2.05, 4.69) is 20.6 Å². The predicted octanol–water partition coefficient (Wildman–Crippen LogP) is 2.14. The zero-order valence-corrected chi connectivity index (χ0v) is 13.2. The Labute approximate surface area is 139 Å². The molecule has 0 aliphatic carbocycles. The van der Waals surface area contributed by atoms with Gasteiger partial charge in [-0.25, -0.2) is 14.4 Å². The number of benzene rings is 1. The number of aromatic nitrogens is 2. The molecule has 2 heterocycles. The topological polar surface area (TPSA) is 76.1 Å². The van der Waals surface area contributed by atoms with Crippen LogP contribution in [0, 0.1) is 5.82 Å². The molecule has 1 aromatic heterocycles. The van der Waals surface area contributed by atoms with Gasteiger partial charge in [-0.3, -0.25) is 4.79 Å². The molecule has 0 saturated carbocycles. The maximum atomic E-state index is 13.6. The first-order valence-corrected chi connectivity index (χ1v) is 7.92. The van der Waals surface area contributed by atoms with Gasteiger partial charge in [0.05, 0.1) is 6.10 Å². The summed E-state index contributed by atoms with van der Waals surface area (Å²) in [5.41, 5.74) is 0.772. The number of rotatable bonds is 6. The molecular formula is C17H19FN4O2. The Morgan fingerprint density at radius 1 is 1.33 bits per heavy atom. The van der Waals surface area contributed by atoms with E-state index in [4.69, 9.17) is 4.74 Å². The van der Waals surface area contributed by atoms with E-state index in [9.17, 15) is 9.18 Å². The molecule has 1 aromatic carbocycles. The SMILES string of the molecule is O=C(NCC1CCCO1)c1ccnc(NCc2ccccc2F)n1. The van der Waals surface area contributed by atoms with Crippen LogP contribution >= 0.6 is 0 Å². The number of nitrogens with one attached hydrogen (secondary N) is 2. The molecule has 1 amide bonds. The van der Waals surface area contributed by atoms with Gasteiger partial charge in [0.15, 0.2) is 0 Å². The molecule has 6 nitrogen and oxygen atoms in total. The number of nitrogens with zero attached hydrogens (tertiary/aromatic N) is 2. The quantitative estimate of drug-likeness (QED) is 0.849. The summed E-state index contributed by atoms with van der Waals surface area (Å²) in [4.78, 5) is 20.4. The van der Waals surface area contributed by atoms with E-state index in [-0.39, 0.29) is 36.0 Å². The van der Waals surface area contributed by atoms with Crippen molar-refractivity contribution in [3.63, 3.8) is 0 Å². The molecule has 1 saturated heterocycles. The van der Waals surface area contributed by atoms with Gasteiger partial charge < -0.3 is 15.4 Å². The van der Waals surface area contributed by atoms with Crippen LogP contribution in [0.1, 0.15) is 28.9 Å². The van der Waals surface area contributed by atoms with Crippen molar-refractivity contribution in [3.8, 4) is 0 Å². The second-order valence-electron chi connectivity index (χ2n) is 5.56. The average Bonchev–Trinajstić information content (AvgIpc) is 3.13. The predicted molar refractivity (Wildman–Crippen MR) is 87.1 cm³/mol. The lowest BCUT2D eigenvalue weighted by atomic mass is 10.2. The molecule has 24 heavy (non-hydrogen) atoms. The Bertz CT molecular complexity index is 704. The van der Waals surface area contributed by atoms with Crippen LogP contribution < -0.4 is 10.6 Å². The fourth-order valence-corrected chi connectivity index (χ4v) is 2.49. The number of amides is 1. The highest BCUT2D eigenvalue weighted by Gasteiger charge is 2.17. The third kappa shape index (κ3) is 4.26. The molecule has 1 unspecified atom stereocenters. The maximum Gasteiger partial charge on any atom is 0.270 e. The van der Waals surface area contributed by atoms with Crippen molar-refractivity contribution in [2.75, 3.05) is 18.5 Å². The van der Waals surface area contributed by atoms with Crippen LogP contribution in [-0.2, 0) is 11.3 Å². The summed E-state index contributed by atoms with van der Waals surface area (Å²) in [6.45, 7) is 1.46. The molecule has 3 rings (SSSR count). The van der Waals surface area contributed by atoms with E-state index in [1.165, 1.54) is 12.3 Å². The van der Waals surface area contributed by atoms with E-state index in [0.717, 1.165) is 19.4 Å². The number of carbonyl (C=O) groups excluding carboxylic acids is 1. The Morgan fingerprint density at radius 2 is 2.21 bits per heavy atom. The molecule has 1 aliphatic heterocycles. The fourth-order valence-electron chi connectivity index (χ4n) is 2.49. The number of anilines is 1. The summed E-state index contributed by atoms with van der Waals surface area (Å²) >= 11 is 0. The van der Waals surface area contributed by atoms with Crippen molar-refractivity contribution in [1.82, 2.24) is 15.3 Å². The van der Waals surface area contributed by atoms with E-state index < -0.39 is 0 Å². The van der Waals surface area contributed by atoms with Crippen molar-refractivity contribution in [1.29, 1.82) is 0 Å². The highest BCUT2D eigenvalue weighted by molar-refractivity contribution is 5.92. The molecule has 0 spiro atoms. The number of hydrogen-bond acceptors (Lipinski definition) is 5. The van der Waals surface area contributed by atoms with Crippen molar-refractivity contribution in [3.05, 3.63) is 53.6 Å². The molecule has 1 aliphatic rings. The Hall–Kier alpha value is -2.54. The maximum absolute atomic E-state index is 13.6. The average molecular weight is 330 g/mol. The van der Waals surface area contributed by atoms with Crippen LogP contribution in [0.3, 0.4) is 0 Å². The van der Waals surface area contributed by atoms with E-state index in [0.29, 0.717) is 12.1 Å². The zero-order valence-electron chi connectivity index (χ0n) is 13.2. The van der Waals surface area contributed by atoms with Crippen LogP contribution in [0.4, 0.5) is 10.3 Å². The first-order valence-electron chi connectivity index (χ1n) is 7.92. The van der Waals surface area contributed by atoms with Crippen LogP contribution in [-0.4, -0.2) is 35.1 Å².